The summed E-state index contributed by atoms with van der Waals surface area (Å²) in [5, 5.41) is 20.7. The van der Waals surface area contributed by atoms with Crippen LogP contribution in [-0.2, 0) is 9.84 Å². The fourth-order valence-corrected chi connectivity index (χ4v) is 3.66. The maximum Gasteiger partial charge on any atom is 0.210 e. The van der Waals surface area contributed by atoms with Gasteiger partial charge in [-0.15, -0.1) is 0 Å². The van der Waals surface area contributed by atoms with E-state index >= 15 is 0 Å². The van der Waals surface area contributed by atoms with Gasteiger partial charge in [-0.05, 0) is 42.5 Å². The molecule has 0 aliphatic heterocycles. The summed E-state index contributed by atoms with van der Waals surface area (Å²) < 4.78 is 25.3. The standard InChI is InChI=1S/C16H13NO4S/c17-10-4-6-11(7-5-10)22(20,21)15-9-8-12-13(16(15)19)2-1-3-14(12)18/h1-9,18-19H,17H2. The van der Waals surface area contributed by atoms with Crippen LogP contribution in [-0.4, -0.2) is 18.6 Å². The van der Waals surface area contributed by atoms with E-state index in [9.17, 15) is 18.6 Å². The Hall–Kier alpha value is -2.73. The molecule has 0 bridgehead atoms. The molecule has 0 aromatic heterocycles. The number of hydrogen-bond acceptors (Lipinski definition) is 5. The van der Waals surface area contributed by atoms with Gasteiger partial charge in [0, 0.05) is 16.5 Å². The van der Waals surface area contributed by atoms with Gasteiger partial charge in [-0.2, -0.15) is 0 Å². The molecule has 3 aromatic carbocycles. The summed E-state index contributed by atoms with van der Waals surface area (Å²) >= 11 is 0. The number of nitrogen functional groups attached to an aromatic ring is 1. The van der Waals surface area contributed by atoms with Crippen molar-refractivity contribution in [2.24, 2.45) is 0 Å². The highest BCUT2D eigenvalue weighted by Crippen LogP contribution is 2.37. The van der Waals surface area contributed by atoms with Crippen LogP contribution in [0.4, 0.5) is 5.69 Å². The second-order valence-electron chi connectivity index (χ2n) is 4.86. The third kappa shape index (κ3) is 2.14. The molecule has 5 nitrogen and oxygen atoms in total. The normalized spacial score (nSPS) is 11.6. The molecule has 0 fully saturated rings. The molecule has 0 saturated carbocycles. The predicted molar refractivity (Wildman–Crippen MR) is 83.6 cm³/mol. The number of anilines is 1. The van der Waals surface area contributed by atoms with E-state index in [0.29, 0.717) is 11.1 Å². The number of benzene rings is 3. The topological polar surface area (TPSA) is 101 Å². The van der Waals surface area contributed by atoms with E-state index in [1.54, 1.807) is 6.07 Å². The Morgan fingerprint density at radius 1 is 0.818 bits per heavy atom. The Balaban J connectivity index is 2.26. The highest BCUT2D eigenvalue weighted by Gasteiger charge is 2.23. The highest BCUT2D eigenvalue weighted by atomic mass is 32.2. The molecular formula is C16H13NO4S. The van der Waals surface area contributed by atoms with Crippen LogP contribution in [0.1, 0.15) is 0 Å². The van der Waals surface area contributed by atoms with Gasteiger partial charge in [-0.1, -0.05) is 12.1 Å². The van der Waals surface area contributed by atoms with Crippen molar-refractivity contribution < 1.29 is 18.6 Å². The first-order valence-electron chi connectivity index (χ1n) is 6.45. The smallest absolute Gasteiger partial charge is 0.210 e. The molecule has 0 aliphatic carbocycles. The van der Waals surface area contributed by atoms with Crippen LogP contribution in [0, 0.1) is 0 Å². The minimum absolute atomic E-state index is 0.0239. The monoisotopic (exact) mass is 315 g/mol. The van der Waals surface area contributed by atoms with Gasteiger partial charge in [0.15, 0.2) is 0 Å². The van der Waals surface area contributed by atoms with Gasteiger partial charge in [0.05, 0.1) is 4.90 Å². The van der Waals surface area contributed by atoms with Crippen molar-refractivity contribution >= 4 is 26.3 Å². The molecule has 0 saturated heterocycles. The summed E-state index contributed by atoms with van der Waals surface area (Å²) in [6, 6.07) is 13.0. The Morgan fingerprint density at radius 3 is 2.18 bits per heavy atom. The van der Waals surface area contributed by atoms with E-state index in [-0.39, 0.29) is 26.7 Å². The molecule has 0 heterocycles. The number of rotatable bonds is 2. The zero-order chi connectivity index (χ0) is 15.9. The zero-order valence-corrected chi connectivity index (χ0v) is 12.2. The highest BCUT2D eigenvalue weighted by molar-refractivity contribution is 7.91. The lowest BCUT2D eigenvalue weighted by atomic mass is 10.1. The van der Waals surface area contributed by atoms with Crippen molar-refractivity contribution in [2.45, 2.75) is 9.79 Å². The van der Waals surface area contributed by atoms with Crippen LogP contribution < -0.4 is 5.73 Å². The fraction of sp³-hybridized carbons (Fsp3) is 0. The van der Waals surface area contributed by atoms with Crippen molar-refractivity contribution in [1.82, 2.24) is 0 Å². The van der Waals surface area contributed by atoms with E-state index < -0.39 is 9.84 Å². The summed E-state index contributed by atoms with van der Waals surface area (Å²) in [5.74, 6) is -0.408. The van der Waals surface area contributed by atoms with Crippen LogP contribution in [0.5, 0.6) is 11.5 Å². The third-order valence-corrected chi connectivity index (χ3v) is 5.25. The largest absolute Gasteiger partial charge is 0.507 e. The molecule has 0 atom stereocenters. The van der Waals surface area contributed by atoms with E-state index in [2.05, 4.69) is 0 Å². The molecule has 22 heavy (non-hydrogen) atoms. The van der Waals surface area contributed by atoms with E-state index in [1.807, 2.05) is 0 Å². The van der Waals surface area contributed by atoms with Gasteiger partial charge < -0.3 is 15.9 Å². The molecule has 6 heteroatoms. The third-order valence-electron chi connectivity index (χ3n) is 3.45. The molecule has 0 spiro atoms. The molecule has 112 valence electrons. The minimum Gasteiger partial charge on any atom is -0.507 e. The maximum atomic E-state index is 12.6. The summed E-state index contributed by atoms with van der Waals surface area (Å²) in [4.78, 5) is -0.174. The Labute approximate surface area is 127 Å². The minimum atomic E-state index is -3.88. The summed E-state index contributed by atoms with van der Waals surface area (Å²) in [6.45, 7) is 0. The Bertz CT molecular complexity index is 963. The lowest BCUT2D eigenvalue weighted by molar-refractivity contribution is 0.463. The number of aromatic hydroxyl groups is 2. The molecule has 0 radical (unpaired) electrons. The first-order valence-corrected chi connectivity index (χ1v) is 7.94. The van der Waals surface area contributed by atoms with Gasteiger partial charge in [0.1, 0.15) is 16.4 Å². The van der Waals surface area contributed by atoms with Gasteiger partial charge in [-0.25, -0.2) is 8.42 Å². The van der Waals surface area contributed by atoms with E-state index in [1.165, 1.54) is 48.5 Å². The van der Waals surface area contributed by atoms with Crippen LogP contribution >= 0.6 is 0 Å². The Morgan fingerprint density at radius 2 is 1.50 bits per heavy atom. The van der Waals surface area contributed by atoms with Crippen LogP contribution in [0.25, 0.3) is 10.8 Å². The molecular weight excluding hydrogens is 302 g/mol. The summed E-state index contributed by atoms with van der Waals surface area (Å²) in [7, 11) is -3.88. The number of phenols is 2. The molecule has 3 rings (SSSR count). The van der Waals surface area contributed by atoms with E-state index in [4.69, 9.17) is 5.73 Å². The van der Waals surface area contributed by atoms with Crippen molar-refractivity contribution in [3.05, 3.63) is 54.6 Å². The van der Waals surface area contributed by atoms with Gasteiger partial charge in [0.25, 0.3) is 0 Å². The van der Waals surface area contributed by atoms with Crippen LogP contribution in [0.2, 0.25) is 0 Å². The summed E-state index contributed by atoms with van der Waals surface area (Å²) in [6.07, 6.45) is 0. The van der Waals surface area contributed by atoms with Crippen molar-refractivity contribution in [1.29, 1.82) is 0 Å². The quantitative estimate of drug-likeness (QED) is 0.631. The number of phenolic OH excluding ortho intramolecular Hbond substituents is 2. The number of hydrogen-bond donors (Lipinski definition) is 3. The molecule has 0 unspecified atom stereocenters. The van der Waals surface area contributed by atoms with Crippen molar-refractivity contribution in [2.75, 3.05) is 5.73 Å². The number of nitrogens with two attached hydrogens (primary N) is 1. The molecule has 3 aromatic rings. The Kier molecular flexibility index (Phi) is 3.18. The SMILES string of the molecule is Nc1ccc(S(=O)(=O)c2ccc3c(O)cccc3c2O)cc1. The van der Waals surface area contributed by atoms with Crippen LogP contribution in [0.3, 0.4) is 0 Å². The number of fused-ring (bicyclic) bond motifs is 1. The first kappa shape index (κ1) is 14.2. The fourth-order valence-electron chi connectivity index (χ4n) is 2.30. The second-order valence-corrected chi connectivity index (χ2v) is 6.78. The summed E-state index contributed by atoms with van der Waals surface area (Å²) in [5.41, 5.74) is 6.01. The van der Waals surface area contributed by atoms with Gasteiger partial charge in [0.2, 0.25) is 9.84 Å². The van der Waals surface area contributed by atoms with E-state index in [0.717, 1.165) is 0 Å². The van der Waals surface area contributed by atoms with Crippen molar-refractivity contribution in [3.8, 4) is 11.5 Å². The molecule has 0 aliphatic rings. The number of sulfone groups is 1. The van der Waals surface area contributed by atoms with Crippen LogP contribution in [0.15, 0.2) is 64.4 Å². The predicted octanol–water partition coefficient (Wildman–Crippen LogP) is 2.67. The molecule has 4 N–H and O–H groups in total. The lowest BCUT2D eigenvalue weighted by Gasteiger charge is -2.10. The molecule has 0 amide bonds. The first-order chi connectivity index (χ1) is 10.4. The average molecular weight is 315 g/mol. The van der Waals surface area contributed by atoms with Gasteiger partial charge >= 0.3 is 0 Å². The van der Waals surface area contributed by atoms with Crippen molar-refractivity contribution in [3.63, 3.8) is 0 Å². The zero-order valence-electron chi connectivity index (χ0n) is 11.4. The lowest BCUT2D eigenvalue weighted by Crippen LogP contribution is -2.03. The second kappa shape index (κ2) is 4.92. The maximum absolute atomic E-state index is 12.6. The van der Waals surface area contributed by atoms with Gasteiger partial charge in [-0.3, -0.25) is 0 Å². The average Bonchev–Trinajstić information content (AvgIpc) is 2.49.